The van der Waals surface area contributed by atoms with Crippen LogP contribution in [0.1, 0.15) is 26.0 Å². The summed E-state index contributed by atoms with van der Waals surface area (Å²) in [5, 5.41) is 34.5. The summed E-state index contributed by atoms with van der Waals surface area (Å²) in [5.74, 6) is -1.42. The van der Waals surface area contributed by atoms with Crippen molar-refractivity contribution in [3.05, 3.63) is 23.9 Å². The molecule has 0 amide bonds. The van der Waals surface area contributed by atoms with Gasteiger partial charge in [-0.1, -0.05) is 13.8 Å². The molecule has 4 N–H and O–H groups in total. The van der Waals surface area contributed by atoms with Crippen LogP contribution in [0.2, 0.25) is 0 Å². The third kappa shape index (κ3) is 3.15. The van der Waals surface area contributed by atoms with Gasteiger partial charge in [-0.3, -0.25) is 4.79 Å². The second-order valence-electron chi connectivity index (χ2n) is 7.00. The van der Waals surface area contributed by atoms with Gasteiger partial charge in [0.2, 0.25) is 5.60 Å². The maximum absolute atomic E-state index is 14.4. The average molecular weight is 393 g/mol. The van der Waals surface area contributed by atoms with E-state index in [0.717, 1.165) is 16.9 Å². The van der Waals surface area contributed by atoms with Crippen molar-refractivity contribution in [1.29, 1.82) is 5.26 Å². The zero-order chi connectivity index (χ0) is 20.6. The Morgan fingerprint density at radius 2 is 2.29 bits per heavy atom. The highest BCUT2D eigenvalue weighted by Crippen LogP contribution is 2.41. The van der Waals surface area contributed by atoms with Crippen molar-refractivity contribution in [3.63, 3.8) is 0 Å². The molecule has 0 saturated carbocycles. The van der Waals surface area contributed by atoms with E-state index in [4.69, 9.17) is 15.2 Å². The number of esters is 1. The summed E-state index contributed by atoms with van der Waals surface area (Å²) in [6, 6.07) is 2.72. The van der Waals surface area contributed by atoms with Gasteiger partial charge in [0.25, 0.3) is 0 Å². The highest BCUT2D eigenvalue weighted by Gasteiger charge is 2.58. The van der Waals surface area contributed by atoms with Crippen LogP contribution >= 0.6 is 0 Å². The van der Waals surface area contributed by atoms with E-state index >= 15 is 0 Å². The van der Waals surface area contributed by atoms with Crippen LogP contribution in [0.25, 0.3) is 5.52 Å². The predicted octanol–water partition coefficient (Wildman–Crippen LogP) is -0.121. The van der Waals surface area contributed by atoms with Gasteiger partial charge >= 0.3 is 5.97 Å². The third-order valence-electron chi connectivity index (χ3n) is 4.52. The van der Waals surface area contributed by atoms with Gasteiger partial charge in [-0.25, -0.2) is 13.9 Å². The van der Waals surface area contributed by atoms with E-state index in [1.807, 2.05) is 13.8 Å². The topological polar surface area (TPSA) is 156 Å². The Hall–Kier alpha value is -2.81. The van der Waals surface area contributed by atoms with Crippen LogP contribution in [0.5, 0.6) is 0 Å². The van der Waals surface area contributed by atoms with E-state index in [1.165, 1.54) is 0 Å². The van der Waals surface area contributed by atoms with Gasteiger partial charge in [0.05, 0.1) is 5.69 Å². The molecule has 3 rings (SSSR count). The second kappa shape index (κ2) is 7.31. The second-order valence-corrected chi connectivity index (χ2v) is 7.00. The number of hydrogen-bond donors (Lipinski definition) is 3. The number of halogens is 1. The summed E-state index contributed by atoms with van der Waals surface area (Å²) < 4.78 is 26.0. The SMILES string of the molecule is CC(C)CC(=O)OC[C@H]1O[C@@](C#N)(c2cc(F)c3c(N)ncnn23)[C@H](O)[C@@H]1O. The van der Waals surface area contributed by atoms with Crippen molar-refractivity contribution >= 4 is 17.3 Å². The molecule has 150 valence electrons. The fourth-order valence-corrected chi connectivity index (χ4v) is 3.17. The van der Waals surface area contributed by atoms with E-state index < -0.39 is 35.7 Å². The standard InChI is InChI=1S/C17H20FN5O5/c1-8(2)3-12(24)27-5-10-14(25)15(26)17(6-19,28-10)11-4-9(18)13-16(20)21-7-22-23(11)13/h4,7-8,10,14-15,25-26H,3,5H2,1-2H3,(H2,20,21,22)/t10-,14-,15-,17+/m1/s1. The van der Waals surface area contributed by atoms with Crippen LogP contribution in [-0.4, -0.2) is 55.7 Å². The fraction of sp³-hybridized carbons (Fsp3) is 0.529. The minimum atomic E-state index is -2.15. The molecule has 4 atom stereocenters. The number of anilines is 1. The number of carbonyl (C=O) groups is 1. The molecule has 1 aliphatic heterocycles. The van der Waals surface area contributed by atoms with Gasteiger partial charge < -0.3 is 25.4 Å². The lowest BCUT2D eigenvalue weighted by Crippen LogP contribution is -2.41. The third-order valence-corrected chi connectivity index (χ3v) is 4.52. The number of ether oxygens (including phenoxy) is 2. The molecule has 3 heterocycles. The smallest absolute Gasteiger partial charge is 0.306 e. The van der Waals surface area contributed by atoms with Crippen LogP contribution in [0.3, 0.4) is 0 Å². The van der Waals surface area contributed by atoms with Crippen molar-refractivity contribution in [2.75, 3.05) is 12.3 Å². The lowest BCUT2D eigenvalue weighted by molar-refractivity contribution is -0.151. The van der Waals surface area contributed by atoms with Crippen LogP contribution < -0.4 is 5.73 Å². The molecule has 0 unspecified atom stereocenters. The van der Waals surface area contributed by atoms with Crippen molar-refractivity contribution in [3.8, 4) is 6.07 Å². The molecule has 28 heavy (non-hydrogen) atoms. The van der Waals surface area contributed by atoms with Crippen molar-refractivity contribution in [2.24, 2.45) is 5.92 Å². The largest absolute Gasteiger partial charge is 0.463 e. The molecule has 10 nitrogen and oxygen atoms in total. The molecular formula is C17H20FN5O5. The molecule has 0 aromatic carbocycles. The Kier molecular flexibility index (Phi) is 5.20. The monoisotopic (exact) mass is 393 g/mol. The molecular weight excluding hydrogens is 373 g/mol. The van der Waals surface area contributed by atoms with Gasteiger partial charge in [0.1, 0.15) is 42.8 Å². The molecule has 0 aliphatic carbocycles. The van der Waals surface area contributed by atoms with E-state index in [0.29, 0.717) is 0 Å². The fourth-order valence-electron chi connectivity index (χ4n) is 3.17. The van der Waals surface area contributed by atoms with Crippen molar-refractivity contribution in [2.45, 2.75) is 44.2 Å². The number of rotatable bonds is 5. The maximum atomic E-state index is 14.4. The maximum Gasteiger partial charge on any atom is 0.306 e. The molecule has 2 aromatic rings. The lowest BCUT2D eigenvalue weighted by Gasteiger charge is -2.24. The number of aromatic nitrogens is 3. The van der Waals surface area contributed by atoms with Gasteiger partial charge in [-0.2, -0.15) is 10.4 Å². The number of nitrogens with zero attached hydrogens (tertiary/aromatic N) is 4. The Labute approximate surface area is 159 Å². The van der Waals surface area contributed by atoms with Gasteiger partial charge in [-0.15, -0.1) is 0 Å². The van der Waals surface area contributed by atoms with Crippen molar-refractivity contribution in [1.82, 2.24) is 14.6 Å². The highest BCUT2D eigenvalue weighted by molar-refractivity contribution is 5.69. The quantitative estimate of drug-likeness (QED) is 0.589. The number of aliphatic hydroxyl groups excluding tert-OH is 2. The first-order valence-corrected chi connectivity index (χ1v) is 8.60. The zero-order valence-electron chi connectivity index (χ0n) is 15.2. The average Bonchev–Trinajstić information content (AvgIpc) is 3.10. The molecule has 2 aromatic heterocycles. The van der Waals surface area contributed by atoms with Gasteiger partial charge in [0, 0.05) is 12.5 Å². The number of nitrogen functional groups attached to an aromatic ring is 1. The first-order chi connectivity index (χ1) is 13.2. The molecule has 1 fully saturated rings. The first kappa shape index (κ1) is 19.9. The normalized spacial score (nSPS) is 27.2. The van der Waals surface area contributed by atoms with Crippen LogP contribution in [0.4, 0.5) is 10.2 Å². The molecule has 1 saturated heterocycles. The lowest BCUT2D eigenvalue weighted by atomic mass is 9.92. The molecule has 0 radical (unpaired) electrons. The van der Waals surface area contributed by atoms with Gasteiger partial charge in [0.15, 0.2) is 11.6 Å². The first-order valence-electron chi connectivity index (χ1n) is 8.60. The number of carbonyl (C=O) groups excluding carboxylic acids is 1. The molecule has 0 bridgehead atoms. The zero-order valence-corrected chi connectivity index (χ0v) is 15.2. The summed E-state index contributed by atoms with van der Waals surface area (Å²) in [4.78, 5) is 15.4. The minimum absolute atomic E-state index is 0.0749. The van der Waals surface area contributed by atoms with E-state index in [2.05, 4.69) is 10.1 Å². The molecule has 11 heteroatoms. The van der Waals surface area contributed by atoms with Crippen LogP contribution in [0, 0.1) is 23.1 Å². The number of hydrogen-bond acceptors (Lipinski definition) is 9. The number of fused-ring (bicyclic) bond motifs is 1. The van der Waals surface area contributed by atoms with Crippen LogP contribution in [-0.2, 0) is 19.9 Å². The number of aliphatic hydroxyl groups is 2. The van der Waals surface area contributed by atoms with Gasteiger partial charge in [-0.05, 0) is 5.92 Å². The number of nitriles is 1. The summed E-state index contributed by atoms with van der Waals surface area (Å²) in [7, 11) is 0. The Morgan fingerprint density at radius 3 is 2.93 bits per heavy atom. The van der Waals surface area contributed by atoms with Crippen LogP contribution in [0.15, 0.2) is 12.4 Å². The van der Waals surface area contributed by atoms with E-state index in [9.17, 15) is 24.7 Å². The minimum Gasteiger partial charge on any atom is -0.463 e. The summed E-state index contributed by atoms with van der Waals surface area (Å²) in [5.41, 5.74) is 3.15. The van der Waals surface area contributed by atoms with E-state index in [1.54, 1.807) is 6.07 Å². The Balaban J connectivity index is 1.93. The number of nitrogens with two attached hydrogens (primary N) is 1. The highest BCUT2D eigenvalue weighted by atomic mass is 19.1. The predicted molar refractivity (Wildman–Crippen MR) is 91.9 cm³/mol. The van der Waals surface area contributed by atoms with E-state index in [-0.39, 0.29) is 36.0 Å². The molecule has 1 aliphatic rings. The Morgan fingerprint density at radius 1 is 1.57 bits per heavy atom. The Bertz CT molecular complexity index is 942. The molecule has 0 spiro atoms. The summed E-state index contributed by atoms with van der Waals surface area (Å²) in [6.45, 7) is 3.30. The summed E-state index contributed by atoms with van der Waals surface area (Å²) >= 11 is 0. The summed E-state index contributed by atoms with van der Waals surface area (Å²) in [6.07, 6.45) is -3.28. The van der Waals surface area contributed by atoms with Crippen molar-refractivity contribution < 1.29 is 28.9 Å².